The summed E-state index contributed by atoms with van der Waals surface area (Å²) in [6, 6.07) is 2.53. The minimum atomic E-state index is -5.03. The molecule has 0 radical (unpaired) electrons. The zero-order chi connectivity index (χ0) is 22.9. The van der Waals surface area contributed by atoms with Crippen molar-refractivity contribution in [2.75, 3.05) is 5.32 Å². The van der Waals surface area contributed by atoms with Gasteiger partial charge in [-0.1, -0.05) is 0 Å². The maximum absolute atomic E-state index is 12.9. The third-order valence-corrected chi connectivity index (χ3v) is 4.39. The van der Waals surface area contributed by atoms with Crippen LogP contribution < -0.4 is 10.9 Å². The fourth-order valence-corrected chi connectivity index (χ4v) is 2.91. The van der Waals surface area contributed by atoms with Crippen LogP contribution in [0.25, 0.3) is 0 Å². The Hall–Kier alpha value is -3.29. The van der Waals surface area contributed by atoms with Gasteiger partial charge in [0, 0.05) is 17.8 Å². The number of pyridine rings is 1. The molecule has 0 saturated heterocycles. The zero-order valence-corrected chi connectivity index (χ0v) is 15.7. The highest BCUT2D eigenvalue weighted by atomic mass is 19.4. The van der Waals surface area contributed by atoms with Gasteiger partial charge >= 0.3 is 12.4 Å². The molecule has 2 N–H and O–H groups in total. The van der Waals surface area contributed by atoms with Gasteiger partial charge in [-0.15, -0.1) is 0 Å². The van der Waals surface area contributed by atoms with Gasteiger partial charge in [-0.2, -0.15) is 31.6 Å². The number of carbonyl (C=O) groups is 1. The average molecular weight is 431 g/mol. The number of halogens is 6. The zero-order valence-electron chi connectivity index (χ0n) is 15.7. The van der Waals surface area contributed by atoms with Crippen molar-refractivity contribution in [3.63, 3.8) is 0 Å². The summed E-state index contributed by atoms with van der Waals surface area (Å²) < 4.78 is 77.4. The molecule has 0 aliphatic carbocycles. The van der Waals surface area contributed by atoms with E-state index in [1.807, 2.05) is 5.32 Å². The lowest BCUT2D eigenvalue weighted by Gasteiger charge is -2.15. The van der Waals surface area contributed by atoms with E-state index in [1.54, 1.807) is 13.0 Å². The Labute approximate surface area is 166 Å². The quantitative estimate of drug-likeness (QED) is 0.701. The first-order valence-electron chi connectivity index (χ1n) is 8.45. The van der Waals surface area contributed by atoms with Crippen LogP contribution in [0, 0.1) is 25.2 Å². The summed E-state index contributed by atoms with van der Waals surface area (Å²) in [6.45, 7) is 3.06. The normalized spacial score (nSPS) is 11.8. The standard InChI is InChI=1S/C19H15F6N3O2/c1-9-14(10(2)27-17(30)15(9)8-26)3-4-16(29)28-13-6-11(18(20,21)22)5-12(7-13)19(23,24)25/h5-7H,3-4H2,1-2H3,(H,27,30)(H,28,29). The molecule has 0 aliphatic rings. The van der Waals surface area contributed by atoms with Gasteiger partial charge in [-0.25, -0.2) is 0 Å². The molecule has 2 rings (SSSR count). The van der Waals surface area contributed by atoms with Gasteiger partial charge in [-0.05, 0) is 49.6 Å². The van der Waals surface area contributed by atoms with E-state index in [1.165, 1.54) is 6.92 Å². The molecule has 0 atom stereocenters. The number of H-pyrrole nitrogens is 1. The summed E-state index contributed by atoms with van der Waals surface area (Å²) in [7, 11) is 0. The van der Waals surface area contributed by atoms with E-state index in [4.69, 9.17) is 5.26 Å². The fraction of sp³-hybridized carbons (Fsp3) is 0.316. The highest BCUT2D eigenvalue weighted by Gasteiger charge is 2.37. The SMILES string of the molecule is Cc1[nH]c(=O)c(C#N)c(C)c1CCC(=O)Nc1cc(C(F)(F)F)cc(C(F)(F)F)c1. The van der Waals surface area contributed by atoms with Gasteiger partial charge in [0.2, 0.25) is 5.91 Å². The van der Waals surface area contributed by atoms with Crippen LogP contribution in [0.5, 0.6) is 0 Å². The summed E-state index contributed by atoms with van der Waals surface area (Å²) in [5.74, 6) is -0.828. The van der Waals surface area contributed by atoms with Gasteiger partial charge in [0.05, 0.1) is 11.1 Å². The molecule has 160 valence electrons. The third kappa shape index (κ3) is 5.20. The number of nitrogens with zero attached hydrogens (tertiary/aromatic N) is 1. The minimum absolute atomic E-state index is 0.0139. The molecule has 2 aromatic rings. The van der Waals surface area contributed by atoms with Crippen LogP contribution in [-0.2, 0) is 23.6 Å². The number of benzene rings is 1. The largest absolute Gasteiger partial charge is 0.416 e. The first-order chi connectivity index (χ1) is 13.7. The van der Waals surface area contributed by atoms with Gasteiger partial charge in [0.1, 0.15) is 11.6 Å². The lowest BCUT2D eigenvalue weighted by molar-refractivity contribution is -0.143. The van der Waals surface area contributed by atoms with Crippen molar-refractivity contribution >= 4 is 11.6 Å². The Bertz CT molecular complexity index is 1050. The third-order valence-electron chi connectivity index (χ3n) is 4.39. The van der Waals surface area contributed by atoms with E-state index in [2.05, 4.69) is 4.98 Å². The molecule has 1 aromatic heterocycles. The van der Waals surface area contributed by atoms with E-state index in [9.17, 15) is 35.9 Å². The van der Waals surface area contributed by atoms with E-state index in [0.29, 0.717) is 29.0 Å². The van der Waals surface area contributed by atoms with E-state index >= 15 is 0 Å². The molecule has 0 fully saturated rings. The van der Waals surface area contributed by atoms with E-state index < -0.39 is 40.6 Å². The Morgan fingerprint density at radius 1 is 1.07 bits per heavy atom. The van der Waals surface area contributed by atoms with Crippen molar-refractivity contribution in [2.24, 2.45) is 0 Å². The summed E-state index contributed by atoms with van der Waals surface area (Å²) in [6.07, 6.45) is -10.3. The molecule has 1 aromatic carbocycles. The molecule has 0 unspecified atom stereocenters. The number of hydrogen-bond acceptors (Lipinski definition) is 3. The summed E-state index contributed by atoms with van der Waals surface area (Å²) in [5, 5.41) is 11.1. The number of aromatic nitrogens is 1. The molecular weight excluding hydrogens is 416 g/mol. The molecule has 1 amide bonds. The lowest BCUT2D eigenvalue weighted by Crippen LogP contribution is -2.19. The van der Waals surface area contributed by atoms with E-state index in [0.717, 1.165) is 0 Å². The number of rotatable bonds is 4. The Kier molecular flexibility index (Phi) is 6.30. The lowest BCUT2D eigenvalue weighted by atomic mass is 9.99. The molecule has 1 heterocycles. The van der Waals surface area contributed by atoms with Crippen molar-refractivity contribution < 1.29 is 31.1 Å². The molecular formula is C19H15F6N3O2. The van der Waals surface area contributed by atoms with Crippen LogP contribution in [0.3, 0.4) is 0 Å². The topological polar surface area (TPSA) is 85.8 Å². The molecule has 5 nitrogen and oxygen atoms in total. The molecule has 0 spiro atoms. The molecule has 0 aliphatic heterocycles. The van der Waals surface area contributed by atoms with Crippen molar-refractivity contribution in [1.82, 2.24) is 4.98 Å². The fourth-order valence-electron chi connectivity index (χ4n) is 2.91. The van der Waals surface area contributed by atoms with Crippen molar-refractivity contribution in [1.29, 1.82) is 5.26 Å². The average Bonchev–Trinajstić information content (AvgIpc) is 2.59. The van der Waals surface area contributed by atoms with Crippen LogP contribution in [-0.4, -0.2) is 10.9 Å². The number of nitriles is 1. The second kappa shape index (κ2) is 8.22. The van der Waals surface area contributed by atoms with Crippen LogP contribution in [0.1, 0.15) is 39.9 Å². The molecule has 30 heavy (non-hydrogen) atoms. The highest BCUT2D eigenvalue weighted by Crippen LogP contribution is 2.37. The van der Waals surface area contributed by atoms with Crippen molar-refractivity contribution in [2.45, 2.75) is 39.0 Å². The maximum atomic E-state index is 12.9. The molecule has 0 bridgehead atoms. The van der Waals surface area contributed by atoms with Gasteiger partial charge in [0.25, 0.3) is 5.56 Å². The monoisotopic (exact) mass is 431 g/mol. The number of carbonyl (C=O) groups excluding carboxylic acids is 1. The van der Waals surface area contributed by atoms with Crippen molar-refractivity contribution in [3.8, 4) is 6.07 Å². The summed E-state index contributed by atoms with van der Waals surface area (Å²) in [5.41, 5.74) is -3.21. The summed E-state index contributed by atoms with van der Waals surface area (Å²) >= 11 is 0. The Morgan fingerprint density at radius 2 is 1.60 bits per heavy atom. The van der Waals surface area contributed by atoms with Crippen LogP contribution >= 0.6 is 0 Å². The Morgan fingerprint density at radius 3 is 2.07 bits per heavy atom. The first-order valence-corrected chi connectivity index (χ1v) is 8.45. The minimum Gasteiger partial charge on any atom is -0.326 e. The number of nitrogens with one attached hydrogen (secondary N) is 2. The second-order valence-corrected chi connectivity index (χ2v) is 6.51. The molecule has 11 heteroatoms. The van der Waals surface area contributed by atoms with Gasteiger partial charge < -0.3 is 10.3 Å². The molecule has 0 saturated carbocycles. The van der Waals surface area contributed by atoms with Crippen LogP contribution in [0.4, 0.5) is 32.0 Å². The smallest absolute Gasteiger partial charge is 0.326 e. The predicted octanol–water partition coefficient (Wildman–Crippen LogP) is 4.47. The maximum Gasteiger partial charge on any atom is 0.416 e. The van der Waals surface area contributed by atoms with Gasteiger partial charge in [0.15, 0.2) is 0 Å². The number of anilines is 1. The van der Waals surface area contributed by atoms with E-state index in [-0.39, 0.29) is 24.5 Å². The first kappa shape index (κ1) is 23.0. The number of aromatic amines is 1. The Balaban J connectivity index is 2.26. The van der Waals surface area contributed by atoms with Crippen molar-refractivity contribution in [3.05, 3.63) is 62.1 Å². The predicted molar refractivity (Wildman–Crippen MR) is 94.6 cm³/mol. The summed E-state index contributed by atoms with van der Waals surface area (Å²) in [4.78, 5) is 26.3. The second-order valence-electron chi connectivity index (χ2n) is 6.51. The number of aryl methyl sites for hydroxylation is 1. The van der Waals surface area contributed by atoms with Gasteiger partial charge in [-0.3, -0.25) is 9.59 Å². The number of amides is 1. The number of hydrogen-bond donors (Lipinski definition) is 2. The number of alkyl halides is 6. The van der Waals surface area contributed by atoms with Crippen LogP contribution in [0.2, 0.25) is 0 Å². The van der Waals surface area contributed by atoms with Crippen LogP contribution in [0.15, 0.2) is 23.0 Å². The highest BCUT2D eigenvalue weighted by molar-refractivity contribution is 5.91.